The molecule has 0 saturated carbocycles. The molecule has 0 saturated heterocycles. The summed E-state index contributed by atoms with van der Waals surface area (Å²) in [6, 6.07) is 14.7. The van der Waals surface area contributed by atoms with E-state index in [2.05, 4.69) is 37.2 Å². The van der Waals surface area contributed by atoms with Crippen molar-refractivity contribution >= 4 is 38.0 Å². The van der Waals surface area contributed by atoms with Gasteiger partial charge in [0.25, 0.3) is 0 Å². The second kappa shape index (κ2) is 9.00. The smallest absolute Gasteiger partial charge is 0.408 e. The number of hydrogen-bond donors (Lipinski definition) is 1. The molecule has 0 unspecified atom stereocenters. The Kier molecular flexibility index (Phi) is 6.98. The van der Waals surface area contributed by atoms with Crippen molar-refractivity contribution in [3.63, 3.8) is 0 Å². The number of nitrogens with one attached hydrogen (secondary N) is 1. The van der Waals surface area contributed by atoms with E-state index in [4.69, 9.17) is 9.47 Å². The van der Waals surface area contributed by atoms with Crippen LogP contribution in [0.1, 0.15) is 17.2 Å². The standard InChI is InChI=1S/C17H16Br2N2O5/c1-25-14-9-5-8-13(10-14)15(17(18,19)21(23)24)20-16(22)26-11-12-6-3-2-4-7-12/h2-10,15H,11H2,1H3,(H,20,22)/t15-/m1/s1. The van der Waals surface area contributed by atoms with Gasteiger partial charge in [0.2, 0.25) is 0 Å². The monoisotopic (exact) mass is 486 g/mol. The molecule has 0 bridgehead atoms. The van der Waals surface area contributed by atoms with Crippen LogP contribution in [0.4, 0.5) is 4.79 Å². The molecule has 2 aromatic carbocycles. The number of nitrogens with zero attached hydrogens (tertiary/aromatic N) is 1. The lowest BCUT2D eigenvalue weighted by atomic mass is 10.1. The van der Waals surface area contributed by atoms with E-state index in [1.807, 2.05) is 30.3 Å². The molecule has 2 aromatic rings. The van der Waals surface area contributed by atoms with Crippen LogP contribution in [0.3, 0.4) is 0 Å². The SMILES string of the molecule is COc1cccc([C@@H](NC(=O)OCc2ccccc2)C(Br)(Br)[N+](=O)[O-])c1. The highest BCUT2D eigenvalue weighted by molar-refractivity contribution is 9.25. The first-order valence-corrected chi connectivity index (χ1v) is 9.06. The van der Waals surface area contributed by atoms with E-state index in [1.165, 1.54) is 7.11 Å². The average Bonchev–Trinajstić information content (AvgIpc) is 2.65. The van der Waals surface area contributed by atoms with Crippen molar-refractivity contribution in [2.75, 3.05) is 7.11 Å². The Balaban J connectivity index is 2.18. The number of rotatable bonds is 7. The van der Waals surface area contributed by atoms with Gasteiger partial charge in [0.05, 0.1) is 12.0 Å². The number of benzene rings is 2. The molecule has 2 rings (SSSR count). The largest absolute Gasteiger partial charge is 0.497 e. The Morgan fingerprint density at radius 3 is 2.54 bits per heavy atom. The number of carbonyl (C=O) groups is 1. The van der Waals surface area contributed by atoms with Gasteiger partial charge in [-0.2, -0.15) is 0 Å². The second-order valence-corrected chi connectivity index (χ2v) is 8.74. The molecular formula is C17H16Br2N2O5. The fraction of sp³-hybridized carbons (Fsp3) is 0.235. The molecule has 7 nitrogen and oxygen atoms in total. The van der Waals surface area contributed by atoms with Crippen LogP contribution in [0.2, 0.25) is 0 Å². The average molecular weight is 488 g/mol. The minimum atomic E-state index is -1.82. The summed E-state index contributed by atoms with van der Waals surface area (Å²) in [5.41, 5.74) is 1.27. The predicted molar refractivity (Wildman–Crippen MR) is 103 cm³/mol. The maximum Gasteiger partial charge on any atom is 0.408 e. The van der Waals surface area contributed by atoms with Crippen LogP contribution in [-0.4, -0.2) is 21.5 Å². The Labute approximate surface area is 167 Å². The Bertz CT molecular complexity index is 771. The Morgan fingerprint density at radius 2 is 1.92 bits per heavy atom. The molecule has 9 heteroatoms. The highest BCUT2D eigenvalue weighted by Crippen LogP contribution is 2.40. The number of halogens is 2. The number of methoxy groups -OCH3 is 1. The van der Waals surface area contributed by atoms with Gasteiger partial charge in [-0.25, -0.2) is 4.79 Å². The Hall–Kier alpha value is -2.13. The molecule has 0 aliphatic heterocycles. The minimum absolute atomic E-state index is 0.0491. The van der Waals surface area contributed by atoms with E-state index in [0.717, 1.165) is 5.56 Å². The van der Waals surface area contributed by atoms with E-state index in [0.29, 0.717) is 11.3 Å². The third kappa shape index (κ3) is 5.18. The summed E-state index contributed by atoms with van der Waals surface area (Å²) in [5.74, 6) is 0.506. The first kappa shape index (κ1) is 20.2. The maximum atomic E-state index is 12.2. The van der Waals surface area contributed by atoms with Crippen molar-refractivity contribution in [2.45, 2.75) is 16.0 Å². The molecule has 138 valence electrons. The van der Waals surface area contributed by atoms with Crippen molar-refractivity contribution < 1.29 is 19.2 Å². The van der Waals surface area contributed by atoms with Crippen LogP contribution < -0.4 is 10.1 Å². The topological polar surface area (TPSA) is 90.7 Å². The van der Waals surface area contributed by atoms with E-state index < -0.39 is 20.4 Å². The number of carbonyl (C=O) groups excluding carboxylic acids is 1. The summed E-state index contributed by atoms with van der Waals surface area (Å²) in [5, 5.41) is 14.0. The first-order chi connectivity index (χ1) is 12.3. The molecular weight excluding hydrogens is 472 g/mol. The molecule has 26 heavy (non-hydrogen) atoms. The highest BCUT2D eigenvalue weighted by Gasteiger charge is 2.48. The zero-order valence-corrected chi connectivity index (χ0v) is 16.9. The van der Waals surface area contributed by atoms with Crippen molar-refractivity contribution in [1.82, 2.24) is 5.32 Å². The zero-order chi connectivity index (χ0) is 19.2. The van der Waals surface area contributed by atoms with Crippen LogP contribution in [0.25, 0.3) is 0 Å². The summed E-state index contributed by atoms with van der Waals surface area (Å²) < 4.78 is 8.49. The van der Waals surface area contributed by atoms with Gasteiger partial charge < -0.3 is 14.8 Å². The second-order valence-electron chi connectivity index (χ2n) is 5.26. The van der Waals surface area contributed by atoms with Crippen LogP contribution in [-0.2, 0) is 11.3 Å². The molecule has 0 aliphatic rings. The van der Waals surface area contributed by atoms with Gasteiger partial charge in [0.15, 0.2) is 0 Å². The number of hydrogen-bond acceptors (Lipinski definition) is 5. The highest BCUT2D eigenvalue weighted by atomic mass is 79.9. The van der Waals surface area contributed by atoms with Gasteiger partial charge in [-0.15, -0.1) is 0 Å². The summed E-state index contributed by atoms with van der Waals surface area (Å²) in [7, 11) is 1.48. The number of amides is 1. The van der Waals surface area contributed by atoms with Gasteiger partial charge in [-0.05, 0) is 23.3 Å². The third-order valence-electron chi connectivity index (χ3n) is 3.49. The molecule has 0 fully saturated rings. The van der Waals surface area contributed by atoms with Crippen molar-refractivity contribution in [3.05, 3.63) is 75.8 Å². The minimum Gasteiger partial charge on any atom is -0.497 e. The van der Waals surface area contributed by atoms with Crippen LogP contribution in [0.15, 0.2) is 54.6 Å². The maximum absolute atomic E-state index is 12.2. The summed E-state index contributed by atoms with van der Waals surface area (Å²) in [4.78, 5) is 23.0. The van der Waals surface area contributed by atoms with E-state index in [-0.39, 0.29) is 6.61 Å². The third-order valence-corrected chi connectivity index (χ3v) is 4.99. The van der Waals surface area contributed by atoms with Crippen molar-refractivity contribution in [3.8, 4) is 5.75 Å². The molecule has 0 aromatic heterocycles. The van der Waals surface area contributed by atoms with Crippen molar-refractivity contribution in [1.29, 1.82) is 0 Å². The summed E-state index contributed by atoms with van der Waals surface area (Å²) >= 11 is 6.05. The number of ether oxygens (including phenoxy) is 2. The van der Waals surface area contributed by atoms with Crippen molar-refractivity contribution in [2.24, 2.45) is 0 Å². The molecule has 0 heterocycles. The van der Waals surface area contributed by atoms with Gasteiger partial charge >= 0.3 is 9.45 Å². The molecule has 1 N–H and O–H groups in total. The number of alkyl halides is 2. The Morgan fingerprint density at radius 1 is 1.23 bits per heavy atom. The molecule has 1 atom stereocenters. The lowest BCUT2D eigenvalue weighted by Crippen LogP contribution is -2.43. The molecule has 0 spiro atoms. The fourth-order valence-corrected chi connectivity index (χ4v) is 2.94. The quantitative estimate of drug-likeness (QED) is 0.271. The number of alkyl carbamates (subject to hydrolysis) is 1. The summed E-state index contributed by atoms with van der Waals surface area (Å²) in [6.07, 6.45) is -0.785. The van der Waals surface area contributed by atoms with Crippen LogP contribution in [0, 0.1) is 10.1 Å². The van der Waals surface area contributed by atoms with Crippen LogP contribution in [0.5, 0.6) is 5.75 Å². The van der Waals surface area contributed by atoms with Gasteiger partial charge in [-0.3, -0.25) is 10.1 Å². The fourth-order valence-electron chi connectivity index (χ4n) is 2.18. The lowest BCUT2D eigenvalue weighted by Gasteiger charge is -2.25. The van der Waals surface area contributed by atoms with Gasteiger partial charge in [0.1, 0.15) is 18.4 Å². The normalized spacial score (nSPS) is 12.1. The lowest BCUT2D eigenvalue weighted by molar-refractivity contribution is -0.509. The molecule has 0 radical (unpaired) electrons. The van der Waals surface area contributed by atoms with Gasteiger partial charge in [-0.1, -0.05) is 42.5 Å². The molecule has 0 aliphatic carbocycles. The van der Waals surface area contributed by atoms with Gasteiger partial charge in [0, 0.05) is 31.9 Å². The zero-order valence-electron chi connectivity index (χ0n) is 13.7. The predicted octanol–water partition coefficient (Wildman–Crippen LogP) is 4.38. The number of nitro groups is 1. The van der Waals surface area contributed by atoms with E-state index in [1.54, 1.807) is 24.3 Å². The van der Waals surface area contributed by atoms with Crippen LogP contribution >= 0.6 is 31.9 Å². The summed E-state index contributed by atoms with van der Waals surface area (Å²) in [6.45, 7) is 0.0491. The molecule has 1 amide bonds. The van der Waals surface area contributed by atoms with E-state index >= 15 is 0 Å². The van der Waals surface area contributed by atoms with E-state index in [9.17, 15) is 14.9 Å². The first-order valence-electron chi connectivity index (χ1n) is 7.48.